The van der Waals surface area contributed by atoms with Crippen molar-refractivity contribution in [1.82, 2.24) is 4.90 Å². The number of rotatable bonds is 2. The summed E-state index contributed by atoms with van der Waals surface area (Å²) in [4.78, 5) is 5.83. The Labute approximate surface area is 80.5 Å². The summed E-state index contributed by atoms with van der Waals surface area (Å²) < 4.78 is 5.46. The average Bonchev–Trinajstić information content (AvgIpc) is 2.30. The van der Waals surface area contributed by atoms with Crippen LogP contribution in [-0.2, 0) is 4.74 Å². The van der Waals surface area contributed by atoms with Gasteiger partial charge in [0, 0.05) is 19.1 Å². The molecule has 1 aliphatic rings. The van der Waals surface area contributed by atoms with Crippen molar-refractivity contribution in [2.75, 3.05) is 32.8 Å². The first-order valence-corrected chi connectivity index (χ1v) is 4.89. The minimum absolute atomic E-state index is 0.405. The second-order valence-electron chi connectivity index (χ2n) is 3.87. The topological polar surface area (TPSA) is 16.8 Å². The van der Waals surface area contributed by atoms with Gasteiger partial charge in [0.05, 0.1) is 19.1 Å². The minimum Gasteiger partial charge on any atom is -0.379 e. The third-order valence-electron chi connectivity index (χ3n) is 2.45. The highest BCUT2D eigenvalue weighted by Gasteiger charge is 2.21. The van der Waals surface area contributed by atoms with E-state index < -0.39 is 0 Å². The molecule has 1 fully saturated rings. The molecular weight excluding hydrogens is 164 g/mol. The van der Waals surface area contributed by atoms with E-state index in [1.165, 1.54) is 0 Å². The van der Waals surface area contributed by atoms with Gasteiger partial charge in [-0.25, -0.2) is 6.57 Å². The predicted octanol–water partition coefficient (Wildman–Crippen LogP) is 1.26. The van der Waals surface area contributed by atoms with Gasteiger partial charge in [-0.05, 0) is 13.8 Å². The fraction of sp³-hybridized carbons (Fsp3) is 0.900. The van der Waals surface area contributed by atoms with Gasteiger partial charge in [0.1, 0.15) is 0 Å². The number of nitrogens with zero attached hydrogens (tertiary/aromatic N) is 2. The lowest BCUT2D eigenvalue weighted by atomic mass is 10.1. The van der Waals surface area contributed by atoms with Crippen molar-refractivity contribution in [1.29, 1.82) is 0 Å². The van der Waals surface area contributed by atoms with Crippen molar-refractivity contribution >= 4 is 0 Å². The molecule has 1 rings (SSSR count). The van der Waals surface area contributed by atoms with Crippen LogP contribution in [0.3, 0.4) is 0 Å². The molecule has 0 aromatic rings. The van der Waals surface area contributed by atoms with Crippen LogP contribution in [0.1, 0.15) is 13.8 Å². The third-order valence-corrected chi connectivity index (χ3v) is 2.45. The van der Waals surface area contributed by atoms with Gasteiger partial charge in [-0.3, -0.25) is 4.90 Å². The highest BCUT2D eigenvalue weighted by molar-refractivity contribution is 4.77. The Morgan fingerprint density at radius 1 is 1.62 bits per heavy atom. The molecular formula is C10H18N2O. The second kappa shape index (κ2) is 5.21. The molecule has 1 saturated heterocycles. The quantitative estimate of drug-likeness (QED) is 0.598. The summed E-state index contributed by atoms with van der Waals surface area (Å²) >= 11 is 0. The van der Waals surface area contributed by atoms with E-state index in [0.29, 0.717) is 18.5 Å². The molecule has 1 atom stereocenters. The van der Waals surface area contributed by atoms with Gasteiger partial charge in [-0.15, -0.1) is 0 Å². The zero-order chi connectivity index (χ0) is 9.68. The average molecular weight is 182 g/mol. The first-order chi connectivity index (χ1) is 6.24. The van der Waals surface area contributed by atoms with E-state index in [1.54, 1.807) is 0 Å². The van der Waals surface area contributed by atoms with Crippen LogP contribution in [0.25, 0.3) is 4.85 Å². The van der Waals surface area contributed by atoms with Crippen LogP contribution in [-0.4, -0.2) is 43.8 Å². The number of hydrogen-bond donors (Lipinski definition) is 0. The van der Waals surface area contributed by atoms with Crippen LogP contribution in [0.2, 0.25) is 0 Å². The molecule has 1 aliphatic heterocycles. The van der Waals surface area contributed by atoms with Crippen LogP contribution < -0.4 is 0 Å². The van der Waals surface area contributed by atoms with Crippen LogP contribution in [0, 0.1) is 12.5 Å². The zero-order valence-corrected chi connectivity index (χ0v) is 8.49. The van der Waals surface area contributed by atoms with Crippen molar-refractivity contribution in [3.05, 3.63) is 11.4 Å². The Bertz CT molecular complexity index is 186. The third kappa shape index (κ3) is 3.33. The van der Waals surface area contributed by atoms with Gasteiger partial charge < -0.3 is 9.58 Å². The molecule has 3 heteroatoms. The molecule has 0 radical (unpaired) electrons. The molecule has 0 amide bonds. The van der Waals surface area contributed by atoms with E-state index in [-0.39, 0.29) is 0 Å². The van der Waals surface area contributed by atoms with Gasteiger partial charge in [0.2, 0.25) is 6.54 Å². The van der Waals surface area contributed by atoms with Crippen molar-refractivity contribution < 1.29 is 4.74 Å². The molecule has 0 aromatic heterocycles. The Hall–Kier alpha value is -0.590. The fourth-order valence-corrected chi connectivity index (χ4v) is 1.62. The summed E-state index contributed by atoms with van der Waals surface area (Å²) in [6, 6.07) is 0.565. The van der Waals surface area contributed by atoms with Crippen LogP contribution >= 0.6 is 0 Å². The van der Waals surface area contributed by atoms with Crippen LogP contribution in [0.5, 0.6) is 0 Å². The summed E-state index contributed by atoms with van der Waals surface area (Å²) in [5, 5.41) is 0. The maximum absolute atomic E-state index is 6.83. The Kier molecular flexibility index (Phi) is 4.20. The summed E-state index contributed by atoms with van der Waals surface area (Å²) in [7, 11) is 0. The largest absolute Gasteiger partial charge is 0.379 e. The maximum atomic E-state index is 6.83. The SMILES string of the molecule is [C-]#[N+]C[C@@H]1COCCN(C(C)C)C1. The highest BCUT2D eigenvalue weighted by atomic mass is 16.5. The standard InChI is InChI=1S/C10H18N2O/c1-9(2)12-4-5-13-8-10(7-12)6-11-3/h9-10H,4-8H2,1-2H3/t10-/m0/s1. The van der Waals surface area contributed by atoms with Gasteiger partial charge >= 0.3 is 0 Å². The molecule has 0 unspecified atom stereocenters. The van der Waals surface area contributed by atoms with Crippen molar-refractivity contribution in [3.8, 4) is 0 Å². The lowest BCUT2D eigenvalue weighted by Crippen LogP contribution is -2.36. The first kappa shape index (κ1) is 10.5. The Morgan fingerprint density at radius 2 is 2.38 bits per heavy atom. The highest BCUT2D eigenvalue weighted by Crippen LogP contribution is 2.10. The number of hydrogen-bond acceptors (Lipinski definition) is 2. The molecule has 0 spiro atoms. The molecule has 0 bridgehead atoms. The van der Waals surface area contributed by atoms with E-state index in [2.05, 4.69) is 23.6 Å². The fourth-order valence-electron chi connectivity index (χ4n) is 1.62. The van der Waals surface area contributed by atoms with Crippen molar-refractivity contribution in [2.45, 2.75) is 19.9 Å². The van der Waals surface area contributed by atoms with E-state index in [1.807, 2.05) is 0 Å². The molecule has 0 aliphatic carbocycles. The van der Waals surface area contributed by atoms with Crippen LogP contribution in [0.15, 0.2) is 0 Å². The lowest BCUT2D eigenvalue weighted by molar-refractivity contribution is 0.124. The monoisotopic (exact) mass is 182 g/mol. The maximum Gasteiger partial charge on any atom is 0.220 e. The predicted molar refractivity (Wildman–Crippen MR) is 52.5 cm³/mol. The summed E-state index contributed by atoms with van der Waals surface area (Å²) in [6.45, 7) is 15.4. The van der Waals surface area contributed by atoms with Crippen molar-refractivity contribution in [2.24, 2.45) is 5.92 Å². The smallest absolute Gasteiger partial charge is 0.220 e. The van der Waals surface area contributed by atoms with Gasteiger partial charge in [-0.1, -0.05) is 0 Å². The first-order valence-electron chi connectivity index (χ1n) is 4.89. The Morgan fingerprint density at radius 3 is 3.00 bits per heavy atom. The minimum atomic E-state index is 0.405. The molecule has 74 valence electrons. The zero-order valence-electron chi connectivity index (χ0n) is 8.49. The molecule has 13 heavy (non-hydrogen) atoms. The van der Waals surface area contributed by atoms with E-state index in [9.17, 15) is 0 Å². The summed E-state index contributed by atoms with van der Waals surface area (Å²) in [5.74, 6) is 0.405. The van der Waals surface area contributed by atoms with E-state index >= 15 is 0 Å². The lowest BCUT2D eigenvalue weighted by Gasteiger charge is -2.25. The van der Waals surface area contributed by atoms with E-state index in [4.69, 9.17) is 11.3 Å². The van der Waals surface area contributed by atoms with Gasteiger partial charge in [0.25, 0.3) is 0 Å². The van der Waals surface area contributed by atoms with Crippen LogP contribution in [0.4, 0.5) is 0 Å². The number of ether oxygens (including phenoxy) is 1. The molecule has 0 saturated carbocycles. The molecule has 1 heterocycles. The summed E-state index contributed by atoms with van der Waals surface area (Å²) in [6.07, 6.45) is 0. The molecule has 3 nitrogen and oxygen atoms in total. The van der Waals surface area contributed by atoms with Crippen molar-refractivity contribution in [3.63, 3.8) is 0 Å². The molecule has 0 aromatic carbocycles. The summed E-state index contributed by atoms with van der Waals surface area (Å²) in [5.41, 5.74) is 0. The van der Waals surface area contributed by atoms with Gasteiger partial charge in [-0.2, -0.15) is 0 Å². The second-order valence-corrected chi connectivity index (χ2v) is 3.87. The van der Waals surface area contributed by atoms with Gasteiger partial charge in [0.15, 0.2) is 0 Å². The Balaban J connectivity index is 2.45. The normalized spacial score (nSPS) is 25.5. The van der Waals surface area contributed by atoms with E-state index in [0.717, 1.165) is 26.3 Å². The molecule has 0 N–H and O–H groups in total.